The van der Waals surface area contributed by atoms with E-state index in [-0.39, 0.29) is 40.2 Å². The molecule has 1 amide bonds. The molecule has 2 aliphatic carbocycles. The van der Waals surface area contributed by atoms with E-state index < -0.39 is 99.6 Å². The first-order valence-electron chi connectivity index (χ1n) is 14.2. The molecule has 0 saturated heterocycles. The molecular formula is C32H21Cl3F9NO4. The van der Waals surface area contributed by atoms with Gasteiger partial charge in [0.25, 0.3) is 0 Å². The predicted octanol–water partition coefficient (Wildman–Crippen LogP) is 8.95. The summed E-state index contributed by atoms with van der Waals surface area (Å²) in [5, 5.41) is 2.29. The zero-order chi connectivity index (χ0) is 36.3. The van der Waals surface area contributed by atoms with Crippen molar-refractivity contribution >= 4 is 58.0 Å². The summed E-state index contributed by atoms with van der Waals surface area (Å²) >= 11 is 18.6. The average molecular weight is 761 g/mol. The van der Waals surface area contributed by atoms with Crippen molar-refractivity contribution in [1.29, 1.82) is 0 Å². The van der Waals surface area contributed by atoms with Gasteiger partial charge in [0.1, 0.15) is 34.0 Å². The van der Waals surface area contributed by atoms with Crippen molar-refractivity contribution in [2.24, 2.45) is 5.92 Å². The fraction of sp³-hybridized carbons (Fsp3) is 0.344. The Morgan fingerprint density at radius 2 is 1.53 bits per heavy atom. The fourth-order valence-corrected chi connectivity index (χ4v) is 6.48. The van der Waals surface area contributed by atoms with Crippen molar-refractivity contribution in [2.45, 2.75) is 53.9 Å². The quantitative estimate of drug-likeness (QED) is 0.120. The number of ketones is 2. The average Bonchev–Trinajstić information content (AvgIpc) is 3.90. The van der Waals surface area contributed by atoms with Gasteiger partial charge in [0.15, 0.2) is 11.6 Å². The highest BCUT2D eigenvalue weighted by Gasteiger charge is 2.67. The van der Waals surface area contributed by atoms with Crippen LogP contribution in [0.2, 0.25) is 5.02 Å². The first kappa shape index (κ1) is 36.9. The molecule has 2 aliphatic rings. The molecule has 0 aliphatic heterocycles. The van der Waals surface area contributed by atoms with E-state index in [0.717, 1.165) is 24.3 Å². The van der Waals surface area contributed by atoms with Crippen molar-refractivity contribution in [3.05, 3.63) is 98.8 Å². The van der Waals surface area contributed by atoms with Gasteiger partial charge < -0.3 is 10.1 Å². The van der Waals surface area contributed by atoms with Gasteiger partial charge in [-0.1, -0.05) is 23.7 Å². The molecule has 0 bridgehead atoms. The lowest BCUT2D eigenvalue weighted by Gasteiger charge is -2.17. The minimum atomic E-state index is -5.02. The molecule has 5 rings (SSSR count). The molecule has 5 nitrogen and oxygen atoms in total. The maximum atomic E-state index is 15.4. The molecule has 0 spiro atoms. The third-order valence-corrected chi connectivity index (χ3v) is 9.47. The van der Waals surface area contributed by atoms with Crippen molar-refractivity contribution < 1.29 is 58.6 Å². The molecule has 17 heteroatoms. The summed E-state index contributed by atoms with van der Waals surface area (Å²) in [5.41, 5.74) is -4.93. The highest BCUT2D eigenvalue weighted by atomic mass is 35.5. The van der Waals surface area contributed by atoms with E-state index in [9.17, 15) is 49.5 Å². The lowest BCUT2D eigenvalue weighted by atomic mass is 9.96. The van der Waals surface area contributed by atoms with Gasteiger partial charge in [-0.15, -0.1) is 23.2 Å². The van der Waals surface area contributed by atoms with Crippen LogP contribution in [0, 0.1) is 23.4 Å². The lowest BCUT2D eigenvalue weighted by molar-refractivity contribution is -0.191. The predicted molar refractivity (Wildman–Crippen MR) is 159 cm³/mol. The highest BCUT2D eigenvalue weighted by Crippen LogP contribution is 2.65. The largest absolute Gasteiger partial charge is 0.419 e. The lowest BCUT2D eigenvalue weighted by Crippen LogP contribution is -2.33. The van der Waals surface area contributed by atoms with E-state index in [1.165, 1.54) is 12.1 Å². The smallest absolute Gasteiger partial charge is 0.358 e. The number of rotatable bonds is 11. The number of hydrogen-bond acceptors (Lipinski definition) is 4. The van der Waals surface area contributed by atoms with Crippen molar-refractivity contribution in [3.63, 3.8) is 0 Å². The van der Waals surface area contributed by atoms with Crippen LogP contribution in [0.5, 0.6) is 0 Å². The minimum Gasteiger partial charge on any atom is -0.358 e. The molecule has 2 fully saturated rings. The molecule has 0 heterocycles. The first-order valence-corrected chi connectivity index (χ1v) is 15.4. The summed E-state index contributed by atoms with van der Waals surface area (Å²) < 4.78 is 124. The molecule has 0 radical (unpaired) electrons. The van der Waals surface area contributed by atoms with Crippen LogP contribution in [0.3, 0.4) is 0 Å². The van der Waals surface area contributed by atoms with E-state index in [1.54, 1.807) is 0 Å². The van der Waals surface area contributed by atoms with Crippen molar-refractivity contribution in [2.75, 3.05) is 11.9 Å². The van der Waals surface area contributed by atoms with E-state index in [0.29, 0.717) is 12.1 Å². The van der Waals surface area contributed by atoms with Gasteiger partial charge >= 0.3 is 12.4 Å². The number of halogens is 12. The Morgan fingerprint density at radius 3 is 2.14 bits per heavy atom. The maximum Gasteiger partial charge on any atom is 0.419 e. The number of nitrogens with one attached hydrogen (secondary N) is 1. The Labute approximate surface area is 286 Å². The SMILES string of the molecule is O=C(Cc1ccc(F)c(CC(=O)C2(OCC(F)(F)F)CC2)c1F)c1cc(NC(=O)[C@H]2[C@H](c3ccc(F)c(C(F)(F)F)c3)C2(Cl)Cl)ccc1Cl. The summed E-state index contributed by atoms with van der Waals surface area (Å²) in [7, 11) is 0. The number of carbonyl (C=O) groups is 3. The highest BCUT2D eigenvalue weighted by molar-refractivity contribution is 6.53. The number of ether oxygens (including phenoxy) is 1. The van der Waals surface area contributed by atoms with E-state index >= 15 is 4.39 Å². The number of hydrogen-bond donors (Lipinski definition) is 1. The number of benzene rings is 3. The van der Waals surface area contributed by atoms with Crippen LogP contribution in [0.1, 0.15) is 51.4 Å². The third kappa shape index (κ3) is 7.87. The molecule has 49 heavy (non-hydrogen) atoms. The zero-order valence-corrected chi connectivity index (χ0v) is 26.7. The summed E-state index contributed by atoms with van der Waals surface area (Å²) in [6, 6.07) is 7.43. The van der Waals surface area contributed by atoms with E-state index in [2.05, 4.69) is 5.32 Å². The van der Waals surface area contributed by atoms with Gasteiger partial charge in [0.2, 0.25) is 5.91 Å². The Balaban J connectivity index is 1.29. The molecule has 262 valence electrons. The topological polar surface area (TPSA) is 72.5 Å². The van der Waals surface area contributed by atoms with Crippen molar-refractivity contribution in [3.8, 4) is 0 Å². The van der Waals surface area contributed by atoms with Crippen molar-refractivity contribution in [1.82, 2.24) is 0 Å². The second-order valence-corrected chi connectivity index (χ2v) is 13.5. The fourth-order valence-electron chi connectivity index (χ4n) is 5.43. The monoisotopic (exact) mass is 759 g/mol. The van der Waals surface area contributed by atoms with Gasteiger partial charge in [0.05, 0.1) is 16.5 Å². The molecule has 3 aromatic carbocycles. The second kappa shape index (κ2) is 13.1. The Hall–Kier alpha value is -3.33. The van der Waals surface area contributed by atoms with Crippen LogP contribution >= 0.6 is 34.8 Å². The molecule has 2 saturated carbocycles. The molecule has 3 aromatic rings. The molecule has 2 atom stereocenters. The number of amides is 1. The van der Waals surface area contributed by atoms with Gasteiger partial charge in [-0.3, -0.25) is 14.4 Å². The van der Waals surface area contributed by atoms with Crippen LogP contribution < -0.4 is 5.32 Å². The Kier molecular flexibility index (Phi) is 9.87. The number of alkyl halides is 8. The molecule has 0 aromatic heterocycles. The minimum absolute atomic E-state index is 0.0397. The Bertz CT molecular complexity index is 1840. The summed E-state index contributed by atoms with van der Waals surface area (Å²) in [6.45, 7) is -1.71. The zero-order valence-electron chi connectivity index (χ0n) is 24.5. The van der Waals surface area contributed by atoms with Crippen LogP contribution in [-0.4, -0.2) is 40.2 Å². The number of carbonyl (C=O) groups excluding carboxylic acids is 3. The van der Waals surface area contributed by atoms with Gasteiger partial charge in [-0.05, 0) is 60.4 Å². The molecule has 1 N–H and O–H groups in total. The van der Waals surface area contributed by atoms with Gasteiger partial charge in [0, 0.05) is 35.6 Å². The Morgan fingerprint density at radius 1 is 0.878 bits per heavy atom. The standard InChI is InChI=1S/C32H21Cl3F9NO4/c33-20-4-3-16(45-28(48)26-25(31(26,34)35)14-1-6-22(37)19(9-14)32(42,43)44)11-17(20)23(46)10-15-2-5-21(36)18(27(15)38)12-24(47)29(7-8-29)49-13-30(39,40)41/h1-6,9,11,25-26H,7-8,10,12-13H2,(H,45,48)/t25-,26+/m0/s1. The van der Waals surface area contributed by atoms with Gasteiger partial charge in [-0.2, -0.15) is 26.3 Å². The van der Waals surface area contributed by atoms with Crippen LogP contribution in [0.4, 0.5) is 45.2 Å². The summed E-state index contributed by atoms with van der Waals surface area (Å²) in [4.78, 5) is 39.0. The summed E-state index contributed by atoms with van der Waals surface area (Å²) in [6.07, 6.45) is -11.5. The van der Waals surface area contributed by atoms with E-state index in [1.807, 2.05) is 0 Å². The maximum absolute atomic E-state index is 15.4. The van der Waals surface area contributed by atoms with Crippen LogP contribution in [0.25, 0.3) is 0 Å². The normalized spacial score (nSPS) is 19.3. The van der Waals surface area contributed by atoms with Crippen LogP contribution in [0.15, 0.2) is 48.5 Å². The van der Waals surface area contributed by atoms with Crippen LogP contribution in [-0.2, 0) is 33.3 Å². The summed E-state index contributed by atoms with van der Waals surface area (Å²) in [5.74, 6) is -9.06. The second-order valence-electron chi connectivity index (χ2n) is 11.6. The first-order chi connectivity index (χ1) is 22.6. The number of Topliss-reactive ketones (excluding diaryl/α,β-unsaturated/α-hetero) is 2. The van der Waals surface area contributed by atoms with Gasteiger partial charge in [-0.25, -0.2) is 13.2 Å². The molecule has 0 unspecified atom stereocenters. The third-order valence-electron chi connectivity index (χ3n) is 8.20. The number of anilines is 1. The van der Waals surface area contributed by atoms with E-state index in [4.69, 9.17) is 39.5 Å². The molecular weight excluding hydrogens is 740 g/mol.